The number of anilines is 3. The number of fused-ring (bicyclic) bond motifs is 10. The molecular formula is C55H30N16S. The molecule has 0 saturated heterocycles. The quantitative estimate of drug-likeness (QED) is 0.153. The first-order valence-electron chi connectivity index (χ1n) is 22.9. The van der Waals surface area contributed by atoms with Crippen LogP contribution in [0.4, 0.5) is 17.1 Å². The lowest BCUT2D eigenvalue weighted by atomic mass is 10.1. The summed E-state index contributed by atoms with van der Waals surface area (Å²) in [4.78, 5) is 65.9. The average molecular weight is 947 g/mol. The fourth-order valence-corrected chi connectivity index (χ4v) is 10.8. The monoisotopic (exact) mass is 946 g/mol. The molecule has 1 aliphatic rings. The van der Waals surface area contributed by atoms with E-state index in [4.69, 9.17) is 34.9 Å². The minimum Gasteiger partial charge on any atom is -0.308 e. The maximum Gasteiger partial charge on any atom is 0.238 e. The molecule has 0 atom stereocenters. The molecule has 0 radical (unpaired) electrons. The molecule has 9 heterocycles. The van der Waals surface area contributed by atoms with Crippen LogP contribution < -0.4 is 4.90 Å². The van der Waals surface area contributed by atoms with E-state index >= 15 is 0 Å². The minimum absolute atomic E-state index is 0.269. The van der Waals surface area contributed by atoms with Gasteiger partial charge in [0.05, 0.1) is 58.2 Å². The van der Waals surface area contributed by atoms with Gasteiger partial charge in [-0.2, -0.15) is 9.97 Å². The van der Waals surface area contributed by atoms with Crippen molar-refractivity contribution in [1.29, 1.82) is 0 Å². The number of hydrogen-bond donors (Lipinski definition) is 0. The van der Waals surface area contributed by atoms with Crippen LogP contribution in [-0.4, -0.2) is 73.9 Å². The Kier molecular flexibility index (Phi) is 8.75. The smallest absolute Gasteiger partial charge is 0.238 e. The maximum atomic E-state index is 5.36. The Bertz CT molecular complexity index is 4440. The molecule has 1 aliphatic heterocycles. The highest BCUT2D eigenvalue weighted by Crippen LogP contribution is 2.52. The Hall–Kier alpha value is -10.0. The molecule has 72 heavy (non-hydrogen) atoms. The fourth-order valence-electron chi connectivity index (χ4n) is 9.71. The largest absolute Gasteiger partial charge is 0.308 e. The summed E-state index contributed by atoms with van der Waals surface area (Å²) in [6.07, 6.45) is 11.1. The lowest BCUT2D eigenvalue weighted by Gasteiger charge is -2.33. The van der Waals surface area contributed by atoms with E-state index in [0.29, 0.717) is 51.3 Å². The van der Waals surface area contributed by atoms with Crippen molar-refractivity contribution in [2.45, 2.75) is 9.79 Å². The van der Waals surface area contributed by atoms with Crippen LogP contribution in [0.3, 0.4) is 0 Å². The molecule has 0 saturated carbocycles. The molecule has 14 aromatic rings. The topological polar surface area (TPSA) is 181 Å². The molecule has 0 fully saturated rings. The van der Waals surface area contributed by atoms with Gasteiger partial charge in [-0.1, -0.05) is 78.5 Å². The van der Waals surface area contributed by atoms with E-state index < -0.39 is 0 Å². The Labute approximate surface area is 410 Å². The number of hydrogen-bond acceptors (Lipinski definition) is 15. The third kappa shape index (κ3) is 6.31. The van der Waals surface area contributed by atoms with Gasteiger partial charge in [0.25, 0.3) is 0 Å². The van der Waals surface area contributed by atoms with Crippen LogP contribution in [0.2, 0.25) is 0 Å². The van der Waals surface area contributed by atoms with Crippen LogP contribution in [0, 0.1) is 0 Å². The Morgan fingerprint density at radius 2 is 1.03 bits per heavy atom. The second kappa shape index (κ2) is 15.8. The highest BCUT2D eigenvalue weighted by molar-refractivity contribution is 7.99. The highest BCUT2D eigenvalue weighted by Gasteiger charge is 2.27. The molecule has 8 aromatic heterocycles. The summed E-state index contributed by atoms with van der Waals surface area (Å²) < 4.78 is 4.27. The Balaban J connectivity index is 0.934. The predicted octanol–water partition coefficient (Wildman–Crippen LogP) is 11.3. The molecule has 0 N–H and O–H groups in total. The first-order valence-corrected chi connectivity index (χ1v) is 23.7. The molecule has 0 bridgehead atoms. The highest BCUT2D eigenvalue weighted by atomic mass is 32.2. The van der Waals surface area contributed by atoms with Gasteiger partial charge in [0, 0.05) is 48.8 Å². The summed E-state index contributed by atoms with van der Waals surface area (Å²) in [7, 11) is 0. The predicted molar refractivity (Wildman–Crippen MR) is 277 cm³/mol. The minimum atomic E-state index is 0.269. The average Bonchev–Trinajstić information content (AvgIpc) is 3.95. The van der Waals surface area contributed by atoms with E-state index in [1.54, 1.807) is 36.5 Å². The van der Waals surface area contributed by atoms with Crippen LogP contribution in [-0.2, 0) is 0 Å². The van der Waals surface area contributed by atoms with Gasteiger partial charge in [-0.05, 0) is 72.8 Å². The molecule has 6 aromatic carbocycles. The van der Waals surface area contributed by atoms with Gasteiger partial charge >= 0.3 is 0 Å². The first-order chi connectivity index (χ1) is 35.7. The SMILES string of the molecule is c1ccc(N2c3ccccc3Sc3ccc(-c4nccc(-n5c6ccccc6c6cc7c8ccccc8n(-c8nc(-c9cnc%10ncncc%10n9)nc(-c9cnc%10ncncc%10n9)n8)c7cc65)n4)cc32)cc1. The van der Waals surface area contributed by atoms with Crippen molar-refractivity contribution < 1.29 is 0 Å². The van der Waals surface area contributed by atoms with Crippen LogP contribution in [0.15, 0.2) is 193 Å². The van der Waals surface area contributed by atoms with Gasteiger partial charge in [-0.25, -0.2) is 54.8 Å². The van der Waals surface area contributed by atoms with Gasteiger partial charge in [0.15, 0.2) is 28.8 Å². The van der Waals surface area contributed by atoms with Gasteiger partial charge < -0.3 is 4.90 Å². The zero-order chi connectivity index (χ0) is 47.3. The summed E-state index contributed by atoms with van der Waals surface area (Å²) in [5, 5.41) is 4.16. The number of rotatable bonds is 6. The lowest BCUT2D eigenvalue weighted by molar-refractivity contribution is 0.942. The first kappa shape index (κ1) is 39.9. The van der Waals surface area contributed by atoms with E-state index in [9.17, 15) is 0 Å². The second-order valence-electron chi connectivity index (χ2n) is 17.0. The molecular weight excluding hydrogens is 917 g/mol. The standard InChI is InChI=1S/C55H30N16S/c1-2-10-32(11-3-1)69-43-16-8-9-17-47(43)72-48-19-18-31(22-46(48)69)50-58-21-20-49(65-50)70-41-14-6-4-12-33(41)35-23-36-34-13-5-7-15-42(34)71(45(36)24-44(35)70)55-67-53(39-27-59-51-37(63-39)25-56-29-61-51)66-54(68-55)40-28-60-52-38(64-40)26-57-30-62-52/h1-30H. The summed E-state index contributed by atoms with van der Waals surface area (Å²) in [5.74, 6) is 2.19. The summed E-state index contributed by atoms with van der Waals surface area (Å²) in [6, 6.07) is 48.6. The number of aromatic nitrogens is 15. The van der Waals surface area contributed by atoms with E-state index in [-0.39, 0.29) is 11.6 Å². The Morgan fingerprint density at radius 3 is 1.75 bits per heavy atom. The molecule has 0 spiro atoms. The molecule has 0 unspecified atom stereocenters. The van der Waals surface area contributed by atoms with Crippen LogP contribution >= 0.6 is 11.8 Å². The molecule has 0 amide bonds. The van der Waals surface area contributed by atoms with Crippen molar-refractivity contribution in [3.05, 3.63) is 183 Å². The van der Waals surface area contributed by atoms with Crippen LogP contribution in [0.1, 0.15) is 0 Å². The maximum absolute atomic E-state index is 5.36. The van der Waals surface area contributed by atoms with E-state index in [2.05, 4.69) is 159 Å². The lowest BCUT2D eigenvalue weighted by Crippen LogP contribution is -2.14. The van der Waals surface area contributed by atoms with Gasteiger partial charge in [-0.3, -0.25) is 9.13 Å². The molecule has 16 nitrogen and oxygen atoms in total. The molecule has 0 aliphatic carbocycles. The summed E-state index contributed by atoms with van der Waals surface area (Å²) in [5.41, 5.74) is 10.5. The Morgan fingerprint density at radius 1 is 0.403 bits per heavy atom. The molecule has 17 heteroatoms. The van der Waals surface area contributed by atoms with Gasteiger partial charge in [0.1, 0.15) is 40.9 Å². The summed E-state index contributed by atoms with van der Waals surface area (Å²) in [6.45, 7) is 0. The van der Waals surface area contributed by atoms with Crippen molar-refractivity contribution in [1.82, 2.24) is 73.9 Å². The normalized spacial score (nSPS) is 12.4. The van der Waals surface area contributed by atoms with Crippen molar-refractivity contribution in [2.24, 2.45) is 0 Å². The second-order valence-corrected chi connectivity index (χ2v) is 18.1. The van der Waals surface area contributed by atoms with E-state index in [1.807, 2.05) is 30.5 Å². The van der Waals surface area contributed by atoms with E-state index in [1.165, 1.54) is 17.6 Å². The fraction of sp³-hybridized carbons (Fsp3) is 0. The third-order valence-electron chi connectivity index (χ3n) is 12.9. The third-order valence-corrected chi connectivity index (χ3v) is 14.0. The van der Waals surface area contributed by atoms with E-state index in [0.717, 1.165) is 71.1 Å². The number of para-hydroxylation sites is 4. The number of nitrogens with zero attached hydrogens (tertiary/aromatic N) is 16. The zero-order valence-corrected chi connectivity index (χ0v) is 38.2. The van der Waals surface area contributed by atoms with Gasteiger partial charge in [0.2, 0.25) is 5.95 Å². The van der Waals surface area contributed by atoms with Crippen molar-refractivity contribution in [2.75, 3.05) is 4.90 Å². The van der Waals surface area contributed by atoms with Crippen LogP contribution in [0.5, 0.6) is 0 Å². The van der Waals surface area contributed by atoms with Crippen molar-refractivity contribution in [3.8, 4) is 46.2 Å². The molecule has 15 rings (SSSR count). The van der Waals surface area contributed by atoms with Crippen molar-refractivity contribution >= 4 is 94.8 Å². The zero-order valence-electron chi connectivity index (χ0n) is 37.4. The summed E-state index contributed by atoms with van der Waals surface area (Å²) >= 11 is 1.77. The van der Waals surface area contributed by atoms with Gasteiger partial charge in [-0.15, -0.1) is 0 Å². The van der Waals surface area contributed by atoms with Crippen LogP contribution in [0.25, 0.3) is 112 Å². The molecule has 336 valence electrons. The number of benzene rings is 6. The van der Waals surface area contributed by atoms with Crippen molar-refractivity contribution in [3.63, 3.8) is 0 Å².